The molecule has 1 fully saturated rings. The number of hydrogen-bond acceptors (Lipinski definition) is 4. The summed E-state index contributed by atoms with van der Waals surface area (Å²) in [7, 11) is 0. The van der Waals surface area contributed by atoms with Crippen LogP contribution in [0.25, 0.3) is 0 Å². The van der Waals surface area contributed by atoms with Crippen molar-refractivity contribution in [1.82, 2.24) is 15.6 Å². The van der Waals surface area contributed by atoms with E-state index in [0.29, 0.717) is 19.0 Å². The molecule has 7 nitrogen and oxygen atoms in total. The van der Waals surface area contributed by atoms with Crippen LogP contribution in [-0.2, 0) is 11.3 Å². The van der Waals surface area contributed by atoms with Gasteiger partial charge >= 0.3 is 0 Å². The van der Waals surface area contributed by atoms with Crippen molar-refractivity contribution in [1.29, 1.82) is 0 Å². The lowest BCUT2D eigenvalue weighted by atomic mass is 9.97. The lowest BCUT2D eigenvalue weighted by Crippen LogP contribution is -2.42. The first kappa shape index (κ1) is 20.0. The summed E-state index contributed by atoms with van der Waals surface area (Å²) in [6.45, 7) is 10.1. The van der Waals surface area contributed by atoms with Crippen LogP contribution >= 0.6 is 0 Å². The molecule has 4 N–H and O–H groups in total. The average molecular weight is 361 g/mol. The molecule has 144 valence electrons. The summed E-state index contributed by atoms with van der Waals surface area (Å²) in [4.78, 5) is 23.0. The van der Waals surface area contributed by atoms with E-state index in [9.17, 15) is 4.79 Å². The number of nitrogens with one attached hydrogen (secondary N) is 2. The Morgan fingerprint density at radius 1 is 1.46 bits per heavy atom. The highest BCUT2D eigenvalue weighted by Crippen LogP contribution is 2.24. The fraction of sp³-hybridized carbons (Fsp3) is 0.632. The third kappa shape index (κ3) is 5.89. The summed E-state index contributed by atoms with van der Waals surface area (Å²) in [5, 5.41) is 6.63. The highest BCUT2D eigenvalue weighted by atomic mass is 16.1. The van der Waals surface area contributed by atoms with Gasteiger partial charge in [-0.15, -0.1) is 0 Å². The largest absolute Gasteiger partial charge is 0.369 e. The number of rotatable bonds is 7. The monoisotopic (exact) mass is 360 g/mol. The number of amides is 1. The highest BCUT2D eigenvalue weighted by Gasteiger charge is 2.25. The molecule has 2 heterocycles. The van der Waals surface area contributed by atoms with Crippen molar-refractivity contribution in [2.24, 2.45) is 22.6 Å². The van der Waals surface area contributed by atoms with E-state index in [2.05, 4.69) is 41.3 Å². The number of hydrogen-bond donors (Lipinski definition) is 3. The second-order valence-electron chi connectivity index (χ2n) is 7.14. The molecule has 1 saturated heterocycles. The van der Waals surface area contributed by atoms with Gasteiger partial charge in [-0.25, -0.2) is 9.98 Å². The number of aromatic nitrogens is 1. The zero-order valence-electron chi connectivity index (χ0n) is 16.2. The molecule has 0 radical (unpaired) electrons. The number of carbonyl (C=O) groups is 1. The number of anilines is 1. The van der Waals surface area contributed by atoms with Crippen molar-refractivity contribution in [2.75, 3.05) is 31.1 Å². The van der Waals surface area contributed by atoms with Crippen molar-refractivity contribution in [3.8, 4) is 0 Å². The first-order chi connectivity index (χ1) is 12.5. The summed E-state index contributed by atoms with van der Waals surface area (Å²) in [5.74, 6) is 1.93. The Hall–Kier alpha value is -2.31. The van der Waals surface area contributed by atoms with Crippen molar-refractivity contribution >= 4 is 17.7 Å². The second kappa shape index (κ2) is 9.99. The normalized spacial score (nSPS) is 18.1. The van der Waals surface area contributed by atoms with Crippen molar-refractivity contribution in [2.45, 2.75) is 40.2 Å². The molecule has 0 aromatic carbocycles. The number of aliphatic imine (C=N–C) groups is 1. The van der Waals surface area contributed by atoms with E-state index in [0.717, 1.165) is 49.8 Å². The SMILES string of the molecule is CCNC(=NCc1cccnc1N1CCCC(C(N)=O)C1)NCC(C)C. The smallest absolute Gasteiger partial charge is 0.222 e. The van der Waals surface area contributed by atoms with E-state index in [1.807, 2.05) is 12.1 Å². The molecule has 0 bridgehead atoms. The zero-order chi connectivity index (χ0) is 18.9. The van der Waals surface area contributed by atoms with E-state index in [-0.39, 0.29) is 11.8 Å². The van der Waals surface area contributed by atoms with Gasteiger partial charge in [0.25, 0.3) is 0 Å². The summed E-state index contributed by atoms with van der Waals surface area (Å²) >= 11 is 0. The number of nitrogens with two attached hydrogens (primary N) is 1. The van der Waals surface area contributed by atoms with Gasteiger partial charge in [0, 0.05) is 37.9 Å². The number of piperidine rings is 1. The first-order valence-corrected chi connectivity index (χ1v) is 9.51. The van der Waals surface area contributed by atoms with E-state index < -0.39 is 0 Å². The predicted octanol–water partition coefficient (Wildman–Crippen LogP) is 1.49. The summed E-state index contributed by atoms with van der Waals surface area (Å²) in [6, 6.07) is 3.98. The van der Waals surface area contributed by atoms with Gasteiger partial charge in [-0.05, 0) is 31.7 Å². The fourth-order valence-electron chi connectivity index (χ4n) is 3.05. The van der Waals surface area contributed by atoms with Gasteiger partial charge in [-0.1, -0.05) is 19.9 Å². The van der Waals surface area contributed by atoms with Crippen molar-refractivity contribution in [3.63, 3.8) is 0 Å². The van der Waals surface area contributed by atoms with Gasteiger partial charge < -0.3 is 21.3 Å². The molecular weight excluding hydrogens is 328 g/mol. The second-order valence-corrected chi connectivity index (χ2v) is 7.14. The Morgan fingerprint density at radius 2 is 2.27 bits per heavy atom. The maximum atomic E-state index is 11.6. The van der Waals surface area contributed by atoms with Gasteiger partial charge in [0.1, 0.15) is 5.82 Å². The molecule has 2 rings (SSSR count). The van der Waals surface area contributed by atoms with Crippen LogP contribution in [0.4, 0.5) is 5.82 Å². The molecular formula is C19H32N6O. The topological polar surface area (TPSA) is 95.6 Å². The van der Waals surface area contributed by atoms with Crippen LogP contribution in [0.2, 0.25) is 0 Å². The standard InChI is InChI=1S/C19H32N6O/c1-4-21-19(23-11-14(2)3)24-12-15-7-5-9-22-18(15)25-10-6-8-16(13-25)17(20)26/h5,7,9,14,16H,4,6,8,10-13H2,1-3H3,(H2,20,26)(H2,21,23,24). The van der Waals surface area contributed by atoms with Crippen LogP contribution in [0.1, 0.15) is 39.2 Å². The molecule has 0 spiro atoms. The number of carbonyl (C=O) groups excluding carboxylic acids is 1. The molecule has 26 heavy (non-hydrogen) atoms. The fourth-order valence-corrected chi connectivity index (χ4v) is 3.05. The van der Waals surface area contributed by atoms with Gasteiger partial charge in [-0.2, -0.15) is 0 Å². The minimum Gasteiger partial charge on any atom is -0.369 e. The van der Waals surface area contributed by atoms with E-state index in [4.69, 9.17) is 10.7 Å². The summed E-state index contributed by atoms with van der Waals surface area (Å²) in [5.41, 5.74) is 6.57. The lowest BCUT2D eigenvalue weighted by Gasteiger charge is -2.33. The average Bonchev–Trinajstić information content (AvgIpc) is 2.64. The minimum atomic E-state index is -0.225. The zero-order valence-corrected chi connectivity index (χ0v) is 16.2. The molecule has 1 aromatic rings. The number of primary amides is 1. The van der Waals surface area contributed by atoms with Gasteiger partial charge in [-0.3, -0.25) is 4.79 Å². The van der Waals surface area contributed by atoms with E-state index in [1.54, 1.807) is 6.20 Å². The third-order valence-corrected chi connectivity index (χ3v) is 4.42. The Labute approximate surface area is 156 Å². The van der Waals surface area contributed by atoms with E-state index >= 15 is 0 Å². The van der Waals surface area contributed by atoms with Crippen LogP contribution in [0, 0.1) is 11.8 Å². The molecule has 1 aliphatic heterocycles. The molecule has 0 saturated carbocycles. The summed E-state index contributed by atoms with van der Waals surface area (Å²) < 4.78 is 0. The van der Waals surface area contributed by atoms with Crippen LogP contribution in [0.5, 0.6) is 0 Å². The van der Waals surface area contributed by atoms with Gasteiger partial charge in [0.2, 0.25) is 5.91 Å². The molecule has 1 unspecified atom stereocenters. The maximum absolute atomic E-state index is 11.6. The molecule has 1 aliphatic rings. The Kier molecular flexibility index (Phi) is 7.69. The number of guanidine groups is 1. The molecule has 1 amide bonds. The number of pyridine rings is 1. The third-order valence-electron chi connectivity index (χ3n) is 4.42. The van der Waals surface area contributed by atoms with Crippen LogP contribution in [-0.4, -0.2) is 43.0 Å². The minimum absolute atomic E-state index is 0.105. The quantitative estimate of drug-likeness (QED) is 0.506. The molecule has 7 heteroatoms. The molecule has 0 aliphatic carbocycles. The molecule has 1 atom stereocenters. The van der Waals surface area contributed by atoms with Gasteiger partial charge in [0.15, 0.2) is 5.96 Å². The Balaban J connectivity index is 2.12. The van der Waals surface area contributed by atoms with Crippen LogP contribution in [0.3, 0.4) is 0 Å². The Morgan fingerprint density at radius 3 is 2.96 bits per heavy atom. The van der Waals surface area contributed by atoms with Crippen molar-refractivity contribution < 1.29 is 4.79 Å². The van der Waals surface area contributed by atoms with Crippen LogP contribution < -0.4 is 21.3 Å². The van der Waals surface area contributed by atoms with E-state index in [1.165, 1.54) is 0 Å². The van der Waals surface area contributed by atoms with Crippen molar-refractivity contribution in [3.05, 3.63) is 23.9 Å². The lowest BCUT2D eigenvalue weighted by molar-refractivity contribution is -0.122. The first-order valence-electron chi connectivity index (χ1n) is 9.51. The Bertz CT molecular complexity index is 616. The predicted molar refractivity (Wildman–Crippen MR) is 106 cm³/mol. The van der Waals surface area contributed by atoms with Gasteiger partial charge in [0.05, 0.1) is 12.5 Å². The maximum Gasteiger partial charge on any atom is 0.222 e. The van der Waals surface area contributed by atoms with Crippen LogP contribution in [0.15, 0.2) is 23.3 Å². The number of nitrogens with zero attached hydrogens (tertiary/aromatic N) is 3. The molecule has 1 aromatic heterocycles. The highest BCUT2D eigenvalue weighted by molar-refractivity contribution is 5.80. The summed E-state index contributed by atoms with van der Waals surface area (Å²) in [6.07, 6.45) is 3.60.